The van der Waals surface area contributed by atoms with Gasteiger partial charge in [0.1, 0.15) is 0 Å². The van der Waals surface area contributed by atoms with Crippen LogP contribution in [0.25, 0.3) is 0 Å². The molecule has 1 unspecified atom stereocenters. The van der Waals surface area contributed by atoms with Gasteiger partial charge in [0, 0.05) is 0 Å². The Bertz CT molecular complexity index is 205. The molecule has 0 heterocycles. The Morgan fingerprint density at radius 2 is 1.70 bits per heavy atom. The van der Waals surface area contributed by atoms with Crippen LogP contribution >= 0.6 is 0 Å². The molecule has 0 aliphatic heterocycles. The predicted octanol–water partition coefficient (Wildman–Crippen LogP) is -0.509. The highest BCUT2D eigenvalue weighted by molar-refractivity contribution is 7.85. The van der Waals surface area contributed by atoms with E-state index in [4.69, 9.17) is 0 Å². The smallest absolute Gasteiger partial charge is 0.321 e. The largest absolute Gasteiger partial charge is 0.741 e. The van der Waals surface area contributed by atoms with E-state index in [0.29, 0.717) is 0 Å². The fourth-order valence-corrected chi connectivity index (χ4v) is 1.16. The highest BCUT2D eigenvalue weighted by Crippen LogP contribution is 2.09. The number of nitrogens with zero attached hydrogens (tertiary/aromatic N) is 1. The Kier molecular flexibility index (Phi) is 2.40. The van der Waals surface area contributed by atoms with Crippen LogP contribution in [0.4, 0.5) is 4.39 Å². The summed E-state index contributed by atoms with van der Waals surface area (Å²) in [7, 11) is -0.930. The number of quaternary nitrogens is 1. The monoisotopic (exact) mass is 171 g/mol. The summed E-state index contributed by atoms with van der Waals surface area (Å²) in [5.74, 6) is 0. The van der Waals surface area contributed by atoms with E-state index in [2.05, 4.69) is 0 Å². The van der Waals surface area contributed by atoms with Gasteiger partial charge in [-0.3, -0.25) is 4.48 Å². The van der Waals surface area contributed by atoms with Gasteiger partial charge in [-0.15, -0.1) is 0 Å². The number of hydrogen-bond acceptors (Lipinski definition) is 3. The van der Waals surface area contributed by atoms with Crippen molar-refractivity contribution in [3.05, 3.63) is 0 Å². The molecule has 0 rings (SSSR count). The quantitative estimate of drug-likeness (QED) is 0.319. The molecule has 0 aliphatic rings. The molecule has 0 fully saturated rings. The Morgan fingerprint density at radius 3 is 1.70 bits per heavy atom. The van der Waals surface area contributed by atoms with Crippen LogP contribution in [0.1, 0.15) is 0 Å². The minimum atomic E-state index is -4.80. The van der Waals surface area contributed by atoms with Crippen molar-refractivity contribution >= 4 is 10.1 Å². The molecule has 0 bridgehead atoms. The molecular formula is C4H10FNO3S. The molecule has 0 aromatic carbocycles. The average Bonchev–Trinajstić information content (AvgIpc) is 1.59. The summed E-state index contributed by atoms with van der Waals surface area (Å²) in [6, 6.07) is 0. The first-order valence-corrected chi connectivity index (χ1v) is 4.03. The average molecular weight is 171 g/mol. The SMILES string of the molecule is C[N+](C)(C)C(F)S(=O)(=O)[O-]. The first-order chi connectivity index (χ1) is 4.15. The lowest BCUT2D eigenvalue weighted by Crippen LogP contribution is -2.46. The molecule has 0 radical (unpaired) electrons. The molecule has 10 heavy (non-hydrogen) atoms. The fourth-order valence-electron chi connectivity index (χ4n) is 0.387. The molecule has 0 aromatic rings. The van der Waals surface area contributed by atoms with Crippen molar-refractivity contribution in [1.82, 2.24) is 0 Å². The maximum atomic E-state index is 12.5. The Labute approximate surface area is 59.6 Å². The summed E-state index contributed by atoms with van der Waals surface area (Å²) in [6.45, 7) is 0. The van der Waals surface area contributed by atoms with Crippen molar-refractivity contribution in [3.63, 3.8) is 0 Å². The van der Waals surface area contributed by atoms with Crippen LogP contribution in [-0.4, -0.2) is 44.2 Å². The van der Waals surface area contributed by atoms with E-state index in [1.807, 2.05) is 0 Å². The Morgan fingerprint density at radius 1 is 1.40 bits per heavy atom. The third-order valence-electron chi connectivity index (χ3n) is 0.847. The molecule has 4 nitrogen and oxygen atoms in total. The molecule has 0 saturated heterocycles. The molecule has 6 heteroatoms. The zero-order valence-corrected chi connectivity index (χ0v) is 6.85. The van der Waals surface area contributed by atoms with Crippen LogP contribution in [0.2, 0.25) is 0 Å². The maximum absolute atomic E-state index is 12.5. The predicted molar refractivity (Wildman–Crippen MR) is 32.6 cm³/mol. The minimum Gasteiger partial charge on any atom is -0.741 e. The Balaban J connectivity index is 4.56. The van der Waals surface area contributed by atoms with Crippen molar-refractivity contribution in [2.24, 2.45) is 0 Å². The van der Waals surface area contributed by atoms with E-state index in [1.165, 1.54) is 21.1 Å². The first kappa shape index (κ1) is 9.80. The molecule has 62 valence electrons. The maximum Gasteiger partial charge on any atom is 0.321 e. The van der Waals surface area contributed by atoms with E-state index in [-0.39, 0.29) is 0 Å². The van der Waals surface area contributed by atoms with Crippen molar-refractivity contribution in [2.45, 2.75) is 5.63 Å². The van der Waals surface area contributed by atoms with Gasteiger partial charge in [-0.25, -0.2) is 8.42 Å². The zero-order chi connectivity index (χ0) is 8.58. The molecule has 0 saturated carbocycles. The van der Waals surface area contributed by atoms with E-state index < -0.39 is 20.2 Å². The third-order valence-corrected chi connectivity index (χ3v) is 1.96. The minimum absolute atomic E-state index is 0.522. The highest BCUT2D eigenvalue weighted by atomic mass is 32.2. The normalized spacial score (nSPS) is 16.9. The molecular weight excluding hydrogens is 161 g/mol. The second-order valence-electron chi connectivity index (χ2n) is 2.90. The standard InChI is InChI=1S/C4H10FNO3S/c1-6(2,3)4(5)10(7,8)9/h4H,1-3H3. The van der Waals surface area contributed by atoms with Crippen molar-refractivity contribution in [1.29, 1.82) is 0 Å². The van der Waals surface area contributed by atoms with Crippen LogP contribution in [0.5, 0.6) is 0 Å². The first-order valence-electron chi connectivity index (χ1n) is 2.55. The van der Waals surface area contributed by atoms with Gasteiger partial charge in [-0.2, -0.15) is 4.39 Å². The second-order valence-corrected chi connectivity index (χ2v) is 4.28. The number of halogens is 1. The topological polar surface area (TPSA) is 57.2 Å². The molecule has 1 atom stereocenters. The fraction of sp³-hybridized carbons (Fsp3) is 1.00. The van der Waals surface area contributed by atoms with Crippen LogP contribution in [0.15, 0.2) is 0 Å². The molecule has 0 N–H and O–H groups in total. The van der Waals surface area contributed by atoms with Crippen LogP contribution in [0, 0.1) is 0 Å². The van der Waals surface area contributed by atoms with E-state index in [9.17, 15) is 17.4 Å². The molecule has 0 spiro atoms. The van der Waals surface area contributed by atoms with Gasteiger partial charge in [0.2, 0.25) is 0 Å². The molecule has 0 aliphatic carbocycles. The van der Waals surface area contributed by atoms with Crippen LogP contribution < -0.4 is 0 Å². The molecule has 0 amide bonds. The summed E-state index contributed by atoms with van der Waals surface area (Å²) < 4.78 is 42.1. The van der Waals surface area contributed by atoms with E-state index in [0.717, 1.165) is 0 Å². The third kappa shape index (κ3) is 2.59. The summed E-state index contributed by atoms with van der Waals surface area (Å²) in [5, 5.41) is 0. The second kappa shape index (κ2) is 2.44. The van der Waals surface area contributed by atoms with Gasteiger partial charge in [0.05, 0.1) is 21.1 Å². The van der Waals surface area contributed by atoms with Gasteiger partial charge in [0.15, 0.2) is 10.1 Å². The number of rotatable bonds is 2. The summed E-state index contributed by atoms with van der Waals surface area (Å²) in [6.07, 6.45) is 0. The van der Waals surface area contributed by atoms with Gasteiger partial charge >= 0.3 is 5.63 Å². The Hall–Kier alpha value is -0.200. The van der Waals surface area contributed by atoms with E-state index in [1.54, 1.807) is 0 Å². The lowest BCUT2D eigenvalue weighted by Gasteiger charge is -2.28. The van der Waals surface area contributed by atoms with Crippen molar-refractivity contribution in [2.75, 3.05) is 21.1 Å². The van der Waals surface area contributed by atoms with E-state index >= 15 is 0 Å². The van der Waals surface area contributed by atoms with Crippen LogP contribution in [-0.2, 0) is 10.1 Å². The summed E-state index contributed by atoms with van der Waals surface area (Å²) >= 11 is 0. The van der Waals surface area contributed by atoms with Gasteiger partial charge in [-0.1, -0.05) is 0 Å². The lowest BCUT2D eigenvalue weighted by atomic mass is 10.7. The van der Waals surface area contributed by atoms with Crippen molar-refractivity contribution in [3.8, 4) is 0 Å². The number of hydrogen-bond donors (Lipinski definition) is 0. The van der Waals surface area contributed by atoms with Gasteiger partial charge in [0.25, 0.3) is 0 Å². The molecule has 0 aromatic heterocycles. The summed E-state index contributed by atoms with van der Waals surface area (Å²) in [4.78, 5) is 0. The van der Waals surface area contributed by atoms with Gasteiger partial charge in [-0.05, 0) is 0 Å². The van der Waals surface area contributed by atoms with Gasteiger partial charge < -0.3 is 4.55 Å². The highest BCUT2D eigenvalue weighted by Gasteiger charge is 2.29. The lowest BCUT2D eigenvalue weighted by molar-refractivity contribution is -0.896. The number of alkyl halides is 1. The van der Waals surface area contributed by atoms with Crippen LogP contribution in [0.3, 0.4) is 0 Å². The van der Waals surface area contributed by atoms with Crippen molar-refractivity contribution < 1.29 is 21.8 Å². The zero-order valence-electron chi connectivity index (χ0n) is 6.04. The summed E-state index contributed by atoms with van der Waals surface area (Å²) in [5.41, 5.74) is -2.38.